The minimum absolute atomic E-state index is 0.214. The van der Waals surface area contributed by atoms with Crippen LogP contribution in [0.4, 0.5) is 0 Å². The Kier molecular flexibility index (Phi) is 8.05. The van der Waals surface area contributed by atoms with Gasteiger partial charge in [0.2, 0.25) is 13.3 Å². The molecular formula is C24H30NO5P. The Morgan fingerprint density at radius 2 is 1.74 bits per heavy atom. The number of carbonyl (C=O) groups is 2. The van der Waals surface area contributed by atoms with Crippen molar-refractivity contribution in [2.24, 2.45) is 0 Å². The topological polar surface area (TPSA) is 83.9 Å². The van der Waals surface area contributed by atoms with E-state index in [0.29, 0.717) is 12.6 Å². The first-order valence-electron chi connectivity index (χ1n) is 10.8. The summed E-state index contributed by atoms with van der Waals surface area (Å²) in [6, 6.07) is 16.7. The molecule has 1 heterocycles. The number of carbonyl (C=O) groups excluding carboxylic acids is 1. The minimum atomic E-state index is -3.19. The van der Waals surface area contributed by atoms with E-state index in [1.165, 1.54) is 10.5 Å². The Balaban J connectivity index is 1.64. The third-order valence-electron chi connectivity index (χ3n) is 5.65. The maximum absolute atomic E-state index is 13.4. The zero-order chi connectivity index (χ0) is 22.3. The quantitative estimate of drug-likeness (QED) is 0.436. The minimum Gasteiger partial charge on any atom is -0.480 e. The number of aliphatic carboxylic acids is 1. The summed E-state index contributed by atoms with van der Waals surface area (Å²) >= 11 is 0. The first kappa shape index (κ1) is 23.2. The molecule has 0 spiro atoms. The van der Waals surface area contributed by atoms with Gasteiger partial charge in [-0.2, -0.15) is 0 Å². The molecule has 1 aliphatic heterocycles. The lowest BCUT2D eigenvalue weighted by Crippen LogP contribution is -2.49. The highest BCUT2D eigenvalue weighted by atomic mass is 31.2. The molecule has 31 heavy (non-hydrogen) atoms. The summed E-state index contributed by atoms with van der Waals surface area (Å²) in [5, 5.41) is 9.67. The van der Waals surface area contributed by atoms with Crippen molar-refractivity contribution >= 4 is 19.2 Å². The van der Waals surface area contributed by atoms with E-state index >= 15 is 0 Å². The predicted octanol–water partition coefficient (Wildman–Crippen LogP) is 4.36. The van der Waals surface area contributed by atoms with Crippen molar-refractivity contribution in [3.63, 3.8) is 0 Å². The predicted molar refractivity (Wildman–Crippen MR) is 120 cm³/mol. The number of fused-ring (bicyclic) bond motifs is 1. The molecule has 0 aliphatic carbocycles. The highest BCUT2D eigenvalue weighted by molar-refractivity contribution is 7.59. The van der Waals surface area contributed by atoms with Crippen LogP contribution in [0.25, 0.3) is 0 Å². The summed E-state index contributed by atoms with van der Waals surface area (Å²) in [5.41, 5.74) is 3.09. The van der Waals surface area contributed by atoms with Gasteiger partial charge in [0.15, 0.2) is 0 Å². The summed E-state index contributed by atoms with van der Waals surface area (Å²) in [6.07, 6.45) is 2.74. The van der Waals surface area contributed by atoms with Crippen molar-refractivity contribution in [1.29, 1.82) is 0 Å². The lowest BCUT2D eigenvalue weighted by Gasteiger charge is -2.35. The van der Waals surface area contributed by atoms with Crippen LogP contribution in [0, 0.1) is 0 Å². The van der Waals surface area contributed by atoms with E-state index in [-0.39, 0.29) is 25.7 Å². The maximum Gasteiger partial charge on any atom is 0.326 e. The van der Waals surface area contributed by atoms with Crippen LogP contribution in [0.3, 0.4) is 0 Å². The second-order valence-electron chi connectivity index (χ2n) is 7.91. The van der Waals surface area contributed by atoms with Gasteiger partial charge in [0.05, 0.1) is 6.61 Å². The van der Waals surface area contributed by atoms with Crippen LogP contribution < -0.4 is 0 Å². The molecule has 0 fully saturated rings. The summed E-state index contributed by atoms with van der Waals surface area (Å²) in [7, 11) is -3.19. The van der Waals surface area contributed by atoms with E-state index in [2.05, 4.69) is 12.1 Å². The van der Waals surface area contributed by atoms with Gasteiger partial charge < -0.3 is 14.5 Å². The monoisotopic (exact) mass is 443 g/mol. The second kappa shape index (κ2) is 10.7. The molecule has 166 valence electrons. The van der Waals surface area contributed by atoms with Gasteiger partial charge in [0.25, 0.3) is 0 Å². The first-order valence-corrected chi connectivity index (χ1v) is 12.8. The molecule has 1 amide bonds. The van der Waals surface area contributed by atoms with Gasteiger partial charge >= 0.3 is 5.97 Å². The zero-order valence-electron chi connectivity index (χ0n) is 17.9. The fourth-order valence-corrected chi connectivity index (χ4v) is 6.20. The first-order chi connectivity index (χ1) is 14.9. The molecular weight excluding hydrogens is 413 g/mol. The largest absolute Gasteiger partial charge is 0.480 e. The molecule has 0 saturated heterocycles. The number of nitrogens with zero attached hydrogens (tertiary/aromatic N) is 1. The highest BCUT2D eigenvalue weighted by Gasteiger charge is 2.37. The fourth-order valence-electron chi connectivity index (χ4n) is 4.05. The molecule has 1 N–H and O–H groups in total. The van der Waals surface area contributed by atoms with Gasteiger partial charge in [0, 0.05) is 19.1 Å². The van der Waals surface area contributed by atoms with E-state index in [1.807, 2.05) is 42.5 Å². The van der Waals surface area contributed by atoms with Crippen molar-refractivity contribution in [3.8, 4) is 0 Å². The molecule has 7 heteroatoms. The molecule has 0 radical (unpaired) electrons. The van der Waals surface area contributed by atoms with Crippen LogP contribution in [-0.2, 0) is 38.1 Å². The third kappa shape index (κ3) is 6.28. The molecule has 3 rings (SSSR count). The van der Waals surface area contributed by atoms with Crippen LogP contribution in [0.2, 0.25) is 0 Å². The molecule has 2 atom stereocenters. The van der Waals surface area contributed by atoms with Gasteiger partial charge in [-0.1, -0.05) is 54.6 Å². The van der Waals surface area contributed by atoms with E-state index in [9.17, 15) is 19.3 Å². The molecule has 0 saturated carbocycles. The number of unbranched alkanes of at least 4 members (excludes halogenated alkanes) is 1. The van der Waals surface area contributed by atoms with Crippen LogP contribution >= 0.6 is 7.37 Å². The van der Waals surface area contributed by atoms with E-state index in [0.717, 1.165) is 24.0 Å². The maximum atomic E-state index is 13.4. The molecule has 0 bridgehead atoms. The molecule has 2 aromatic carbocycles. The number of hydrogen-bond donors (Lipinski definition) is 1. The smallest absolute Gasteiger partial charge is 0.326 e. The van der Waals surface area contributed by atoms with Crippen molar-refractivity contribution in [3.05, 3.63) is 71.3 Å². The molecule has 6 nitrogen and oxygen atoms in total. The summed E-state index contributed by atoms with van der Waals surface area (Å²) in [6.45, 7) is 2.23. The van der Waals surface area contributed by atoms with Crippen molar-refractivity contribution in [2.45, 2.75) is 45.2 Å². The van der Waals surface area contributed by atoms with Crippen molar-refractivity contribution < 1.29 is 23.8 Å². The highest BCUT2D eigenvalue weighted by Crippen LogP contribution is 2.48. The fraction of sp³-hybridized carbons (Fsp3) is 0.417. The van der Waals surface area contributed by atoms with Crippen LogP contribution in [0.1, 0.15) is 36.5 Å². The van der Waals surface area contributed by atoms with Gasteiger partial charge in [-0.25, -0.2) is 4.79 Å². The Labute approximate surface area is 183 Å². The Morgan fingerprint density at radius 3 is 2.42 bits per heavy atom. The van der Waals surface area contributed by atoms with E-state index in [1.54, 1.807) is 6.92 Å². The Hall–Kier alpha value is -2.43. The second-order valence-corrected chi connectivity index (χ2v) is 10.6. The number of carboxylic acid groups (broad SMARTS) is 1. The molecule has 1 aliphatic rings. The Morgan fingerprint density at radius 1 is 1.06 bits per heavy atom. The van der Waals surface area contributed by atoms with Crippen LogP contribution in [-0.4, -0.2) is 46.9 Å². The summed E-state index contributed by atoms with van der Waals surface area (Å²) in [5.74, 6) is -1.46. The SMILES string of the molecule is CCOP(=O)(CCCCc1ccccc1)CC(=O)N1Cc2ccccc2CC1C(=O)O. The van der Waals surface area contributed by atoms with Crippen LogP contribution in [0.5, 0.6) is 0 Å². The number of rotatable bonds is 10. The van der Waals surface area contributed by atoms with Gasteiger partial charge in [-0.15, -0.1) is 0 Å². The lowest BCUT2D eigenvalue weighted by molar-refractivity contribution is -0.150. The molecule has 2 unspecified atom stereocenters. The average Bonchev–Trinajstić information content (AvgIpc) is 2.76. The van der Waals surface area contributed by atoms with Crippen LogP contribution in [0.15, 0.2) is 54.6 Å². The number of benzene rings is 2. The number of aryl methyl sites for hydroxylation is 1. The standard InChI is InChI=1S/C24H30NO5P/c1-2-30-31(29,15-9-8-12-19-10-4-3-5-11-19)18-23(26)25-17-21-14-7-6-13-20(21)16-22(25)24(27)28/h3-7,10-11,13-14,22H,2,8-9,12,15-18H2,1H3,(H,27,28). The average molecular weight is 443 g/mol. The normalized spacial score (nSPS) is 17.6. The van der Waals surface area contributed by atoms with Gasteiger partial charge in [-0.05, 0) is 42.9 Å². The van der Waals surface area contributed by atoms with E-state index < -0.39 is 25.3 Å². The number of carboxylic acids is 1. The third-order valence-corrected chi connectivity index (χ3v) is 8.13. The van der Waals surface area contributed by atoms with Gasteiger partial charge in [0.1, 0.15) is 12.2 Å². The zero-order valence-corrected chi connectivity index (χ0v) is 18.8. The van der Waals surface area contributed by atoms with Crippen molar-refractivity contribution in [1.82, 2.24) is 4.90 Å². The summed E-state index contributed by atoms with van der Waals surface area (Å²) < 4.78 is 19.0. The van der Waals surface area contributed by atoms with Gasteiger partial charge in [-0.3, -0.25) is 9.36 Å². The lowest BCUT2D eigenvalue weighted by atomic mass is 9.94. The number of hydrogen-bond acceptors (Lipinski definition) is 4. The summed E-state index contributed by atoms with van der Waals surface area (Å²) in [4.78, 5) is 26.2. The van der Waals surface area contributed by atoms with Crippen molar-refractivity contribution in [2.75, 3.05) is 18.9 Å². The molecule has 0 aromatic heterocycles. The number of amides is 1. The van der Waals surface area contributed by atoms with E-state index in [4.69, 9.17) is 4.52 Å². The molecule has 2 aromatic rings. The Bertz CT molecular complexity index is 946.